The molecule has 24 heavy (non-hydrogen) atoms. The summed E-state index contributed by atoms with van der Waals surface area (Å²) in [6, 6.07) is 3.59. The van der Waals surface area contributed by atoms with Crippen LogP contribution in [0.25, 0.3) is 6.08 Å². The van der Waals surface area contributed by atoms with Crippen molar-refractivity contribution in [3.63, 3.8) is 0 Å². The Bertz CT molecular complexity index is 570. The highest BCUT2D eigenvalue weighted by atomic mass is 35.5. The average Bonchev–Trinajstić information content (AvgIpc) is 2.55. The first-order valence-electron chi connectivity index (χ1n) is 8.32. The van der Waals surface area contributed by atoms with Gasteiger partial charge >= 0.3 is 0 Å². The normalized spacial score (nSPS) is 11.1. The topological polar surface area (TPSA) is 38.8 Å². The fraction of sp³-hybridized carbons (Fsp3) is 0.526. The monoisotopic (exact) mass is 353 g/mol. The van der Waals surface area contributed by atoms with E-state index in [2.05, 4.69) is 20.8 Å². The zero-order valence-corrected chi connectivity index (χ0v) is 16.0. The van der Waals surface area contributed by atoms with E-state index in [9.17, 15) is 4.79 Å². The van der Waals surface area contributed by atoms with E-state index in [-0.39, 0.29) is 5.91 Å². The molecule has 1 rings (SSSR count). The van der Waals surface area contributed by atoms with Crippen molar-refractivity contribution in [2.45, 2.75) is 33.6 Å². The molecule has 1 aromatic rings. The lowest BCUT2D eigenvalue weighted by Crippen LogP contribution is -2.25. The lowest BCUT2D eigenvalue weighted by Gasteiger charge is -2.15. The molecule has 0 spiro atoms. The lowest BCUT2D eigenvalue weighted by molar-refractivity contribution is -0.124. The van der Waals surface area contributed by atoms with E-state index in [1.807, 2.05) is 6.07 Å². The Morgan fingerprint density at radius 2 is 2.08 bits per heavy atom. The van der Waals surface area contributed by atoms with Crippen LogP contribution in [0.3, 0.4) is 0 Å². The molecule has 0 radical (unpaired) electrons. The van der Waals surface area contributed by atoms with Crippen LogP contribution in [0.2, 0.25) is 5.02 Å². The number of carbonyl (C=O) groups excluding carboxylic acids is 1. The molecular formula is C19H28ClNO3. The van der Waals surface area contributed by atoms with Crippen LogP contribution in [0.15, 0.2) is 18.2 Å². The van der Waals surface area contributed by atoms with E-state index in [1.54, 1.807) is 37.3 Å². The minimum Gasteiger partial charge on any atom is -0.493 e. The summed E-state index contributed by atoms with van der Waals surface area (Å²) in [5.41, 5.74) is 0.797. The Labute approximate surface area is 150 Å². The largest absolute Gasteiger partial charge is 0.493 e. The molecule has 0 aromatic heterocycles. The molecular weight excluding hydrogens is 326 g/mol. The maximum Gasteiger partial charge on any atom is 0.246 e. The summed E-state index contributed by atoms with van der Waals surface area (Å²) in [5.74, 6) is 1.46. The average molecular weight is 354 g/mol. The van der Waals surface area contributed by atoms with Crippen LogP contribution in [-0.4, -0.2) is 38.1 Å². The van der Waals surface area contributed by atoms with Gasteiger partial charge in [0.2, 0.25) is 5.91 Å². The second kappa shape index (κ2) is 10.2. The van der Waals surface area contributed by atoms with E-state index in [1.165, 1.54) is 0 Å². The van der Waals surface area contributed by atoms with Gasteiger partial charge in [-0.25, -0.2) is 0 Å². The predicted octanol–water partition coefficient (Wildman–Crippen LogP) is 4.66. The Kier molecular flexibility index (Phi) is 8.69. The molecule has 0 bridgehead atoms. The van der Waals surface area contributed by atoms with Gasteiger partial charge in [-0.1, -0.05) is 38.8 Å². The van der Waals surface area contributed by atoms with Gasteiger partial charge in [0, 0.05) is 19.7 Å². The van der Waals surface area contributed by atoms with Crippen molar-refractivity contribution in [2.24, 2.45) is 5.92 Å². The number of ether oxygens (including phenoxy) is 2. The zero-order chi connectivity index (χ0) is 18.1. The summed E-state index contributed by atoms with van der Waals surface area (Å²) < 4.78 is 11.1. The van der Waals surface area contributed by atoms with Crippen LogP contribution >= 0.6 is 11.6 Å². The number of carbonyl (C=O) groups is 1. The SMILES string of the molecule is CCCCN(C)C(=O)C=Cc1cc(Cl)c(OCC(C)C)c(OC)c1. The number of rotatable bonds is 9. The van der Waals surface area contributed by atoms with Crippen LogP contribution in [0, 0.1) is 5.92 Å². The number of unbranched alkanes of at least 4 members (excludes halogenated alkanes) is 1. The van der Waals surface area contributed by atoms with Crippen LogP contribution in [0.4, 0.5) is 0 Å². The molecule has 0 N–H and O–H groups in total. The first-order valence-corrected chi connectivity index (χ1v) is 8.70. The van der Waals surface area contributed by atoms with Gasteiger partial charge in [-0.15, -0.1) is 0 Å². The fourth-order valence-electron chi connectivity index (χ4n) is 2.03. The molecule has 0 fully saturated rings. The highest BCUT2D eigenvalue weighted by Crippen LogP contribution is 2.37. The molecule has 0 heterocycles. The highest BCUT2D eigenvalue weighted by Gasteiger charge is 2.12. The van der Waals surface area contributed by atoms with E-state index in [0.29, 0.717) is 29.0 Å². The summed E-state index contributed by atoms with van der Waals surface area (Å²) in [6.07, 6.45) is 5.35. The van der Waals surface area contributed by atoms with Crippen molar-refractivity contribution in [1.82, 2.24) is 4.90 Å². The number of likely N-dealkylation sites (N-methyl/N-ethyl adjacent to an activating group) is 1. The van der Waals surface area contributed by atoms with E-state index in [4.69, 9.17) is 21.1 Å². The maximum atomic E-state index is 12.1. The zero-order valence-electron chi connectivity index (χ0n) is 15.3. The minimum atomic E-state index is -0.0290. The van der Waals surface area contributed by atoms with Crippen LogP contribution in [0.1, 0.15) is 39.2 Å². The molecule has 5 heteroatoms. The van der Waals surface area contributed by atoms with Gasteiger partial charge in [0.05, 0.1) is 18.7 Å². The highest BCUT2D eigenvalue weighted by molar-refractivity contribution is 6.32. The predicted molar refractivity (Wildman–Crippen MR) is 99.9 cm³/mol. The first-order chi connectivity index (χ1) is 11.4. The van der Waals surface area contributed by atoms with Gasteiger partial charge in [-0.3, -0.25) is 4.79 Å². The third kappa shape index (κ3) is 6.44. The van der Waals surface area contributed by atoms with Crippen molar-refractivity contribution in [1.29, 1.82) is 0 Å². The number of benzene rings is 1. The Balaban J connectivity index is 2.87. The van der Waals surface area contributed by atoms with Gasteiger partial charge in [0.15, 0.2) is 11.5 Å². The Morgan fingerprint density at radius 1 is 1.38 bits per heavy atom. The number of nitrogens with zero attached hydrogens (tertiary/aromatic N) is 1. The third-order valence-corrected chi connectivity index (χ3v) is 3.74. The first kappa shape index (κ1) is 20.4. The van der Waals surface area contributed by atoms with Crippen LogP contribution in [0.5, 0.6) is 11.5 Å². The molecule has 4 nitrogen and oxygen atoms in total. The van der Waals surface area contributed by atoms with Gasteiger partial charge in [0.25, 0.3) is 0 Å². The van der Waals surface area contributed by atoms with E-state index in [0.717, 1.165) is 24.9 Å². The quantitative estimate of drug-likeness (QED) is 0.606. The molecule has 0 aliphatic rings. The summed E-state index contributed by atoms with van der Waals surface area (Å²) >= 11 is 6.31. The van der Waals surface area contributed by atoms with Crippen molar-refractivity contribution >= 4 is 23.6 Å². The fourth-order valence-corrected chi connectivity index (χ4v) is 2.30. The molecule has 0 saturated carbocycles. The number of methoxy groups -OCH3 is 1. The second-order valence-electron chi connectivity index (χ2n) is 6.19. The van der Waals surface area contributed by atoms with Crippen LogP contribution < -0.4 is 9.47 Å². The second-order valence-corrected chi connectivity index (χ2v) is 6.59. The third-order valence-electron chi connectivity index (χ3n) is 3.45. The summed E-state index contributed by atoms with van der Waals surface area (Å²) in [6.45, 7) is 7.55. The molecule has 0 aliphatic carbocycles. The standard InChI is InChI=1S/C19H28ClNO3/c1-6-7-10-21(4)18(22)9-8-15-11-16(20)19(17(12-15)23-5)24-13-14(2)3/h8-9,11-12,14H,6-7,10,13H2,1-5H3. The Morgan fingerprint density at radius 3 is 2.67 bits per heavy atom. The smallest absolute Gasteiger partial charge is 0.246 e. The van der Waals surface area contributed by atoms with Crippen molar-refractivity contribution in [3.05, 3.63) is 28.8 Å². The molecule has 1 aromatic carbocycles. The maximum absolute atomic E-state index is 12.1. The Hall–Kier alpha value is -1.68. The van der Waals surface area contributed by atoms with Gasteiger partial charge in [-0.05, 0) is 36.1 Å². The number of hydrogen-bond acceptors (Lipinski definition) is 3. The number of hydrogen-bond donors (Lipinski definition) is 0. The summed E-state index contributed by atoms with van der Waals surface area (Å²) in [7, 11) is 3.38. The molecule has 0 atom stereocenters. The molecule has 1 amide bonds. The van der Waals surface area contributed by atoms with Gasteiger partial charge in [-0.2, -0.15) is 0 Å². The number of halogens is 1. The summed E-state index contributed by atoms with van der Waals surface area (Å²) in [4.78, 5) is 13.8. The van der Waals surface area contributed by atoms with Crippen molar-refractivity contribution in [3.8, 4) is 11.5 Å². The molecule has 134 valence electrons. The molecule has 0 saturated heterocycles. The van der Waals surface area contributed by atoms with Gasteiger partial charge < -0.3 is 14.4 Å². The van der Waals surface area contributed by atoms with Crippen molar-refractivity contribution < 1.29 is 14.3 Å². The minimum absolute atomic E-state index is 0.0290. The number of amides is 1. The van der Waals surface area contributed by atoms with Gasteiger partial charge in [0.1, 0.15) is 0 Å². The molecule has 0 aliphatic heterocycles. The lowest BCUT2D eigenvalue weighted by atomic mass is 10.1. The van der Waals surface area contributed by atoms with Crippen LogP contribution in [-0.2, 0) is 4.79 Å². The van der Waals surface area contributed by atoms with E-state index >= 15 is 0 Å². The van der Waals surface area contributed by atoms with E-state index < -0.39 is 0 Å². The van der Waals surface area contributed by atoms with Crippen molar-refractivity contribution in [2.75, 3.05) is 27.3 Å². The summed E-state index contributed by atoms with van der Waals surface area (Å²) in [5, 5.41) is 0.474. The molecule has 0 unspecified atom stereocenters.